The van der Waals surface area contributed by atoms with Crippen LogP contribution in [0.4, 0.5) is 0 Å². The summed E-state index contributed by atoms with van der Waals surface area (Å²) in [4.78, 5) is 35.6. The van der Waals surface area contributed by atoms with Crippen molar-refractivity contribution in [2.24, 2.45) is 5.92 Å². The minimum Gasteiger partial charge on any atom is -0.468 e. The SMILES string of the molecule is CCC(C)C(NC(=O)c1ccc(Cl)cc1)C(=O)NCC(=O)OC. The molecule has 0 fully saturated rings. The lowest BCUT2D eigenvalue weighted by Crippen LogP contribution is -2.51. The highest BCUT2D eigenvalue weighted by atomic mass is 35.5. The van der Waals surface area contributed by atoms with Gasteiger partial charge in [0.05, 0.1) is 7.11 Å². The van der Waals surface area contributed by atoms with Crippen LogP contribution in [0, 0.1) is 5.92 Å². The van der Waals surface area contributed by atoms with Crippen molar-refractivity contribution in [2.45, 2.75) is 26.3 Å². The number of nitrogens with one attached hydrogen (secondary N) is 2. The Bertz CT molecular complexity index is 560. The minimum absolute atomic E-state index is 0.0936. The maximum atomic E-state index is 12.3. The molecule has 1 rings (SSSR count). The first-order valence-corrected chi connectivity index (χ1v) is 7.67. The summed E-state index contributed by atoms with van der Waals surface area (Å²) in [6.07, 6.45) is 0.692. The van der Waals surface area contributed by atoms with Crippen LogP contribution >= 0.6 is 11.6 Å². The van der Waals surface area contributed by atoms with E-state index in [0.29, 0.717) is 17.0 Å². The molecule has 0 saturated carbocycles. The zero-order valence-corrected chi connectivity index (χ0v) is 14.1. The molecule has 23 heavy (non-hydrogen) atoms. The van der Waals surface area contributed by atoms with E-state index < -0.39 is 17.9 Å². The lowest BCUT2D eigenvalue weighted by Gasteiger charge is -2.23. The fourth-order valence-corrected chi connectivity index (χ4v) is 2.00. The Morgan fingerprint density at radius 2 is 1.83 bits per heavy atom. The minimum atomic E-state index is -0.743. The van der Waals surface area contributed by atoms with Crippen molar-refractivity contribution in [3.63, 3.8) is 0 Å². The van der Waals surface area contributed by atoms with Crippen molar-refractivity contribution in [1.82, 2.24) is 10.6 Å². The Hall–Kier alpha value is -2.08. The monoisotopic (exact) mass is 340 g/mol. The van der Waals surface area contributed by atoms with Crippen LogP contribution in [0.3, 0.4) is 0 Å². The normalized spacial score (nSPS) is 12.9. The maximum absolute atomic E-state index is 12.3. The molecule has 0 radical (unpaired) electrons. The number of rotatable bonds is 7. The molecule has 2 unspecified atom stereocenters. The first-order chi connectivity index (χ1) is 10.9. The molecule has 0 aliphatic heterocycles. The molecule has 6 nitrogen and oxygen atoms in total. The van der Waals surface area contributed by atoms with Crippen molar-refractivity contribution in [2.75, 3.05) is 13.7 Å². The van der Waals surface area contributed by atoms with Gasteiger partial charge in [-0.3, -0.25) is 14.4 Å². The number of carbonyl (C=O) groups excluding carboxylic acids is 3. The van der Waals surface area contributed by atoms with Crippen LogP contribution in [-0.2, 0) is 14.3 Å². The van der Waals surface area contributed by atoms with Crippen molar-refractivity contribution in [1.29, 1.82) is 0 Å². The number of hydrogen-bond acceptors (Lipinski definition) is 4. The third-order valence-corrected chi connectivity index (χ3v) is 3.78. The van der Waals surface area contributed by atoms with E-state index in [0.717, 1.165) is 0 Å². The van der Waals surface area contributed by atoms with Crippen LogP contribution in [0.25, 0.3) is 0 Å². The predicted molar refractivity (Wildman–Crippen MR) is 87.2 cm³/mol. The van der Waals surface area contributed by atoms with Gasteiger partial charge in [-0.1, -0.05) is 31.9 Å². The standard InChI is InChI=1S/C16H21ClN2O4/c1-4-10(2)14(16(22)18-9-13(20)23-3)19-15(21)11-5-7-12(17)8-6-11/h5-8,10,14H,4,9H2,1-3H3,(H,18,22)(H,19,21). The first-order valence-electron chi connectivity index (χ1n) is 7.30. The van der Waals surface area contributed by atoms with E-state index in [1.54, 1.807) is 24.3 Å². The smallest absolute Gasteiger partial charge is 0.325 e. The molecule has 0 bridgehead atoms. The topological polar surface area (TPSA) is 84.5 Å². The average Bonchev–Trinajstić information content (AvgIpc) is 2.56. The van der Waals surface area contributed by atoms with E-state index in [2.05, 4.69) is 15.4 Å². The van der Waals surface area contributed by atoms with E-state index in [4.69, 9.17) is 11.6 Å². The Morgan fingerprint density at radius 3 is 2.35 bits per heavy atom. The van der Waals surface area contributed by atoms with Gasteiger partial charge in [-0.15, -0.1) is 0 Å². The molecule has 1 aromatic carbocycles. The lowest BCUT2D eigenvalue weighted by molar-refractivity contribution is -0.141. The summed E-state index contributed by atoms with van der Waals surface area (Å²) in [6, 6.07) is 5.63. The number of hydrogen-bond donors (Lipinski definition) is 2. The molecule has 0 spiro atoms. The van der Waals surface area contributed by atoms with Crippen molar-refractivity contribution in [3.8, 4) is 0 Å². The number of halogens is 1. The molecular weight excluding hydrogens is 320 g/mol. The van der Waals surface area contributed by atoms with Crippen molar-refractivity contribution >= 4 is 29.4 Å². The third kappa shape index (κ3) is 5.90. The van der Waals surface area contributed by atoms with Gasteiger partial charge in [0.1, 0.15) is 12.6 Å². The highest BCUT2D eigenvalue weighted by Gasteiger charge is 2.26. The first kappa shape index (κ1) is 19.0. The molecule has 1 aromatic rings. The Balaban J connectivity index is 2.77. The van der Waals surface area contributed by atoms with Gasteiger partial charge >= 0.3 is 5.97 Å². The van der Waals surface area contributed by atoms with Crippen molar-refractivity contribution in [3.05, 3.63) is 34.9 Å². The van der Waals surface area contributed by atoms with Gasteiger partial charge in [0, 0.05) is 10.6 Å². The van der Waals surface area contributed by atoms with E-state index in [1.165, 1.54) is 7.11 Å². The molecule has 2 N–H and O–H groups in total. The second-order valence-electron chi connectivity index (χ2n) is 5.14. The molecule has 0 heterocycles. The molecule has 7 heteroatoms. The second-order valence-corrected chi connectivity index (χ2v) is 5.57. The van der Waals surface area contributed by atoms with Gasteiger partial charge in [-0.05, 0) is 30.2 Å². The molecule has 0 aromatic heterocycles. The fraction of sp³-hybridized carbons (Fsp3) is 0.438. The second kappa shape index (κ2) is 9.15. The summed E-state index contributed by atoms with van der Waals surface area (Å²) in [5, 5.41) is 5.69. The molecule has 0 aliphatic rings. The summed E-state index contributed by atoms with van der Waals surface area (Å²) < 4.78 is 4.48. The number of benzene rings is 1. The summed E-state index contributed by atoms with van der Waals surface area (Å²) in [6.45, 7) is 3.53. The zero-order valence-electron chi connectivity index (χ0n) is 13.4. The molecule has 2 amide bonds. The molecular formula is C16H21ClN2O4. The van der Waals surface area contributed by atoms with Crippen LogP contribution in [0.2, 0.25) is 5.02 Å². The summed E-state index contributed by atoms with van der Waals surface area (Å²) in [5.41, 5.74) is 0.406. The maximum Gasteiger partial charge on any atom is 0.325 e. The Kier molecular flexibility index (Phi) is 7.54. The van der Waals surface area contributed by atoms with E-state index >= 15 is 0 Å². The molecule has 2 atom stereocenters. The van der Waals surface area contributed by atoms with E-state index in [1.807, 2.05) is 13.8 Å². The summed E-state index contributed by atoms with van der Waals surface area (Å²) in [7, 11) is 1.24. The highest BCUT2D eigenvalue weighted by Crippen LogP contribution is 2.12. The number of carbonyl (C=O) groups is 3. The van der Waals surface area contributed by atoms with Gasteiger partial charge in [0.15, 0.2) is 0 Å². The lowest BCUT2D eigenvalue weighted by atomic mass is 9.98. The summed E-state index contributed by atoms with van der Waals surface area (Å²) >= 11 is 5.79. The van der Waals surface area contributed by atoms with Crippen LogP contribution < -0.4 is 10.6 Å². The molecule has 126 valence electrons. The summed E-state index contributed by atoms with van der Waals surface area (Å²) in [5.74, 6) is -1.44. The van der Waals surface area contributed by atoms with E-state index in [-0.39, 0.29) is 18.4 Å². The van der Waals surface area contributed by atoms with Gasteiger partial charge in [-0.25, -0.2) is 0 Å². The van der Waals surface area contributed by atoms with Gasteiger partial charge in [-0.2, -0.15) is 0 Å². The fourth-order valence-electron chi connectivity index (χ4n) is 1.87. The van der Waals surface area contributed by atoms with Crippen LogP contribution in [0.5, 0.6) is 0 Å². The number of esters is 1. The predicted octanol–water partition coefficient (Wildman–Crippen LogP) is 1.77. The Morgan fingerprint density at radius 1 is 1.22 bits per heavy atom. The van der Waals surface area contributed by atoms with Gasteiger partial charge in [0.25, 0.3) is 5.91 Å². The van der Waals surface area contributed by atoms with E-state index in [9.17, 15) is 14.4 Å². The van der Waals surface area contributed by atoms with Crippen LogP contribution in [-0.4, -0.2) is 37.5 Å². The number of amides is 2. The quantitative estimate of drug-likeness (QED) is 0.741. The molecule has 0 aliphatic carbocycles. The third-order valence-electron chi connectivity index (χ3n) is 3.52. The number of ether oxygens (including phenoxy) is 1. The zero-order chi connectivity index (χ0) is 17.4. The average molecular weight is 341 g/mol. The Labute approximate surface area is 140 Å². The number of methoxy groups -OCH3 is 1. The van der Waals surface area contributed by atoms with Crippen molar-refractivity contribution < 1.29 is 19.1 Å². The largest absolute Gasteiger partial charge is 0.468 e. The molecule has 0 saturated heterocycles. The van der Waals surface area contributed by atoms with Crippen LogP contribution in [0.1, 0.15) is 30.6 Å². The van der Waals surface area contributed by atoms with Crippen LogP contribution in [0.15, 0.2) is 24.3 Å². The van der Waals surface area contributed by atoms with Gasteiger partial charge in [0.2, 0.25) is 5.91 Å². The highest BCUT2D eigenvalue weighted by molar-refractivity contribution is 6.30. The van der Waals surface area contributed by atoms with Gasteiger partial charge < -0.3 is 15.4 Å².